The van der Waals surface area contributed by atoms with Gasteiger partial charge in [-0.3, -0.25) is 4.79 Å². The number of nitrogens with two attached hydrogens (primary N) is 1. The normalized spacial score (nSPS) is 14.1. The van der Waals surface area contributed by atoms with Crippen LogP contribution in [0.15, 0.2) is 17.0 Å². The fourth-order valence-electron chi connectivity index (χ4n) is 2.17. The van der Waals surface area contributed by atoms with Gasteiger partial charge in [0.2, 0.25) is 15.9 Å². The summed E-state index contributed by atoms with van der Waals surface area (Å²) in [6.45, 7) is 0.503. The number of amides is 1. The number of carbonyl (C=O) groups is 1. The Kier molecular flexibility index (Phi) is 4.69. The summed E-state index contributed by atoms with van der Waals surface area (Å²) in [5.41, 5.74) is 6.95. The number of benzene rings is 1. The zero-order valence-corrected chi connectivity index (χ0v) is 12.6. The monoisotopic (exact) mass is 313 g/mol. The minimum absolute atomic E-state index is 0.0194. The van der Waals surface area contributed by atoms with Crippen molar-refractivity contribution in [3.8, 4) is 5.75 Å². The Morgan fingerprint density at radius 1 is 1.43 bits per heavy atom. The van der Waals surface area contributed by atoms with Crippen molar-refractivity contribution < 1.29 is 17.9 Å². The number of carbonyl (C=O) groups excluding carboxylic acids is 1. The molecule has 0 radical (unpaired) electrons. The molecule has 0 aromatic heterocycles. The van der Waals surface area contributed by atoms with E-state index in [0.29, 0.717) is 18.0 Å². The number of aryl methyl sites for hydroxylation is 1. The third-order valence-electron chi connectivity index (χ3n) is 3.20. The first-order valence-corrected chi connectivity index (χ1v) is 8.18. The Morgan fingerprint density at radius 3 is 2.90 bits per heavy atom. The van der Waals surface area contributed by atoms with Gasteiger partial charge >= 0.3 is 0 Å². The zero-order chi connectivity index (χ0) is 15.5. The molecule has 116 valence electrons. The van der Waals surface area contributed by atoms with E-state index in [2.05, 4.69) is 10.0 Å². The van der Waals surface area contributed by atoms with Gasteiger partial charge in [0.05, 0.1) is 6.61 Å². The van der Waals surface area contributed by atoms with Crippen molar-refractivity contribution >= 4 is 21.6 Å². The lowest BCUT2D eigenvalue weighted by Gasteiger charge is -2.21. The highest BCUT2D eigenvalue weighted by Crippen LogP contribution is 2.34. The van der Waals surface area contributed by atoms with E-state index in [1.807, 2.05) is 0 Å². The number of hydrogen-bond acceptors (Lipinski definition) is 5. The van der Waals surface area contributed by atoms with Crippen LogP contribution in [0, 0.1) is 0 Å². The van der Waals surface area contributed by atoms with Gasteiger partial charge in [-0.05, 0) is 30.5 Å². The quantitative estimate of drug-likeness (QED) is 0.663. The van der Waals surface area contributed by atoms with E-state index in [0.717, 1.165) is 18.4 Å². The maximum Gasteiger partial charge on any atom is 0.244 e. The summed E-state index contributed by atoms with van der Waals surface area (Å²) in [6, 6.07) is 3.12. The van der Waals surface area contributed by atoms with Crippen molar-refractivity contribution in [3.63, 3.8) is 0 Å². The minimum Gasteiger partial charge on any atom is -0.492 e. The predicted octanol–water partition coefficient (Wildman–Crippen LogP) is 0.00820. The lowest BCUT2D eigenvalue weighted by atomic mass is 10.1. The molecule has 1 aromatic rings. The van der Waals surface area contributed by atoms with Crippen LogP contribution in [0.4, 0.5) is 5.69 Å². The van der Waals surface area contributed by atoms with E-state index in [4.69, 9.17) is 10.5 Å². The lowest BCUT2D eigenvalue weighted by Crippen LogP contribution is -2.30. The van der Waals surface area contributed by atoms with E-state index >= 15 is 0 Å². The zero-order valence-electron chi connectivity index (χ0n) is 11.8. The summed E-state index contributed by atoms with van der Waals surface area (Å²) in [5.74, 6) is 0.131. The van der Waals surface area contributed by atoms with E-state index in [1.165, 1.54) is 13.1 Å². The SMILES string of the molecule is CNC(=O)CCNS(=O)(=O)c1cc(N)cc2c1OCCC2. The van der Waals surface area contributed by atoms with Crippen LogP contribution >= 0.6 is 0 Å². The number of hydrogen-bond donors (Lipinski definition) is 3. The Hall–Kier alpha value is -1.80. The smallest absolute Gasteiger partial charge is 0.244 e. The molecule has 0 unspecified atom stereocenters. The number of sulfonamides is 1. The molecule has 0 saturated heterocycles. The molecular formula is C13H19N3O4S. The predicted molar refractivity (Wildman–Crippen MR) is 78.5 cm³/mol. The molecule has 0 aliphatic carbocycles. The largest absolute Gasteiger partial charge is 0.492 e. The number of rotatable bonds is 5. The van der Waals surface area contributed by atoms with Gasteiger partial charge in [0.25, 0.3) is 0 Å². The first kappa shape index (κ1) is 15.6. The molecule has 4 N–H and O–H groups in total. The van der Waals surface area contributed by atoms with Crippen LogP contribution in [0.25, 0.3) is 0 Å². The Labute approximate surface area is 123 Å². The fourth-order valence-corrected chi connectivity index (χ4v) is 3.42. The fraction of sp³-hybridized carbons (Fsp3) is 0.462. The molecule has 8 heteroatoms. The number of nitrogens with one attached hydrogen (secondary N) is 2. The second-order valence-electron chi connectivity index (χ2n) is 4.78. The van der Waals surface area contributed by atoms with Crippen LogP contribution in [-0.4, -0.2) is 34.5 Å². The van der Waals surface area contributed by atoms with Gasteiger partial charge in [0, 0.05) is 25.7 Å². The van der Waals surface area contributed by atoms with Crippen molar-refractivity contribution in [2.24, 2.45) is 0 Å². The number of anilines is 1. The molecule has 21 heavy (non-hydrogen) atoms. The summed E-state index contributed by atoms with van der Waals surface area (Å²) in [7, 11) is -2.26. The molecule has 0 atom stereocenters. The Balaban J connectivity index is 2.23. The molecule has 0 fully saturated rings. The number of nitrogen functional groups attached to an aromatic ring is 1. The first-order valence-electron chi connectivity index (χ1n) is 6.69. The van der Waals surface area contributed by atoms with Gasteiger partial charge in [-0.2, -0.15) is 0 Å². The molecule has 2 rings (SSSR count). The molecule has 0 spiro atoms. The van der Waals surface area contributed by atoms with E-state index < -0.39 is 10.0 Å². The van der Waals surface area contributed by atoms with E-state index in [1.54, 1.807) is 6.07 Å². The topological polar surface area (TPSA) is 111 Å². The minimum atomic E-state index is -3.76. The molecule has 1 aromatic carbocycles. The summed E-state index contributed by atoms with van der Waals surface area (Å²) >= 11 is 0. The molecule has 1 aliphatic heterocycles. The molecule has 0 saturated carbocycles. The molecular weight excluding hydrogens is 294 g/mol. The first-order chi connectivity index (χ1) is 9.94. The van der Waals surface area contributed by atoms with Gasteiger partial charge in [-0.15, -0.1) is 0 Å². The van der Waals surface area contributed by atoms with Crippen molar-refractivity contribution in [1.29, 1.82) is 0 Å². The number of ether oxygens (including phenoxy) is 1. The van der Waals surface area contributed by atoms with Crippen molar-refractivity contribution in [2.45, 2.75) is 24.2 Å². The maximum atomic E-state index is 12.3. The summed E-state index contributed by atoms with van der Waals surface area (Å²) < 4.78 is 32.6. The standard InChI is InChI=1S/C13H19N3O4S/c1-15-12(17)4-5-16-21(18,19)11-8-10(14)7-9-3-2-6-20-13(9)11/h7-8,16H,2-6,14H2,1H3,(H,15,17). The highest BCUT2D eigenvalue weighted by atomic mass is 32.2. The van der Waals surface area contributed by atoms with Crippen molar-refractivity contribution in [3.05, 3.63) is 17.7 Å². The van der Waals surface area contributed by atoms with E-state index in [9.17, 15) is 13.2 Å². The van der Waals surface area contributed by atoms with E-state index in [-0.39, 0.29) is 23.8 Å². The maximum absolute atomic E-state index is 12.3. The molecule has 1 aliphatic rings. The van der Waals surface area contributed by atoms with Gasteiger partial charge in [0.15, 0.2) is 0 Å². The molecule has 1 heterocycles. The second kappa shape index (κ2) is 6.31. The highest BCUT2D eigenvalue weighted by molar-refractivity contribution is 7.89. The van der Waals surface area contributed by atoms with Crippen molar-refractivity contribution in [1.82, 2.24) is 10.0 Å². The summed E-state index contributed by atoms with van der Waals surface area (Å²) in [4.78, 5) is 11.2. The van der Waals surface area contributed by atoms with Crippen LogP contribution in [0.5, 0.6) is 5.75 Å². The average molecular weight is 313 g/mol. The average Bonchev–Trinajstić information content (AvgIpc) is 2.45. The second-order valence-corrected chi connectivity index (χ2v) is 6.52. The van der Waals surface area contributed by atoms with Crippen LogP contribution in [0.1, 0.15) is 18.4 Å². The van der Waals surface area contributed by atoms with Crippen molar-refractivity contribution in [2.75, 3.05) is 25.9 Å². The van der Waals surface area contributed by atoms with Crippen LogP contribution in [0.3, 0.4) is 0 Å². The summed E-state index contributed by atoms with van der Waals surface area (Å²) in [5, 5.41) is 2.43. The van der Waals surface area contributed by atoms with Gasteiger partial charge in [0.1, 0.15) is 10.6 Å². The Morgan fingerprint density at radius 2 is 2.19 bits per heavy atom. The molecule has 7 nitrogen and oxygen atoms in total. The lowest BCUT2D eigenvalue weighted by molar-refractivity contribution is -0.120. The molecule has 0 bridgehead atoms. The highest BCUT2D eigenvalue weighted by Gasteiger charge is 2.25. The van der Waals surface area contributed by atoms with Crippen LogP contribution in [-0.2, 0) is 21.2 Å². The van der Waals surface area contributed by atoms with Crippen LogP contribution in [0.2, 0.25) is 0 Å². The summed E-state index contributed by atoms with van der Waals surface area (Å²) in [6.07, 6.45) is 1.64. The van der Waals surface area contributed by atoms with Gasteiger partial charge in [-0.1, -0.05) is 0 Å². The Bertz CT molecular complexity index is 643. The third kappa shape index (κ3) is 3.64. The van der Waals surface area contributed by atoms with Gasteiger partial charge in [-0.25, -0.2) is 13.1 Å². The molecule has 1 amide bonds. The number of fused-ring (bicyclic) bond motifs is 1. The van der Waals surface area contributed by atoms with Gasteiger partial charge < -0.3 is 15.8 Å². The van der Waals surface area contributed by atoms with Crippen LogP contribution < -0.4 is 20.5 Å². The third-order valence-corrected chi connectivity index (χ3v) is 4.67.